The van der Waals surface area contributed by atoms with Crippen LogP contribution in [0.3, 0.4) is 0 Å². The summed E-state index contributed by atoms with van der Waals surface area (Å²) in [5.74, 6) is -3.10. The number of rotatable bonds is 7. The number of halogens is 1. The zero-order valence-corrected chi connectivity index (χ0v) is 17.0. The van der Waals surface area contributed by atoms with Gasteiger partial charge in [-0.15, -0.1) is 10.2 Å². The van der Waals surface area contributed by atoms with E-state index in [-0.39, 0.29) is 30.1 Å². The van der Waals surface area contributed by atoms with Crippen LogP contribution in [0.15, 0.2) is 52.7 Å². The normalized spacial score (nSPS) is 11.1. The maximum Gasteiger partial charge on any atom is 0.372 e. The fourth-order valence-corrected chi connectivity index (χ4v) is 3.04. The Morgan fingerprint density at radius 1 is 1.10 bits per heavy atom. The second kappa shape index (κ2) is 8.82. The quantitative estimate of drug-likeness (QED) is 0.218. The molecule has 148 valence electrons. The largest absolute Gasteiger partial charge is 0.493 e. The van der Waals surface area contributed by atoms with E-state index in [0.717, 1.165) is 3.57 Å². The number of hydrogen-bond acceptors (Lipinski definition) is 6. The third kappa shape index (κ3) is 4.96. The molecule has 29 heavy (non-hydrogen) atoms. The average Bonchev–Trinajstić information content (AvgIpc) is 3.00. The van der Waals surface area contributed by atoms with Crippen molar-refractivity contribution >= 4 is 62.5 Å². The molecule has 0 aliphatic rings. The Labute approximate surface area is 178 Å². The molecule has 9 nitrogen and oxygen atoms in total. The van der Waals surface area contributed by atoms with Gasteiger partial charge in [0.05, 0.1) is 5.52 Å². The lowest BCUT2D eigenvalue weighted by Crippen LogP contribution is -2.16. The van der Waals surface area contributed by atoms with Gasteiger partial charge in [0, 0.05) is 33.2 Å². The molecule has 0 aliphatic carbocycles. The summed E-state index contributed by atoms with van der Waals surface area (Å²) in [5, 5.41) is 29.7. The number of aromatic hydroxyl groups is 1. The number of ketones is 1. The molecule has 1 amide bonds. The molecule has 3 rings (SSSR count). The fraction of sp³-hybridized carbons (Fsp3) is 0.105. The zero-order chi connectivity index (χ0) is 21.0. The Morgan fingerprint density at radius 2 is 1.83 bits per heavy atom. The van der Waals surface area contributed by atoms with E-state index in [1.165, 1.54) is 12.1 Å². The second-order valence-electron chi connectivity index (χ2n) is 6.00. The van der Waals surface area contributed by atoms with Gasteiger partial charge in [0.2, 0.25) is 11.7 Å². The summed E-state index contributed by atoms with van der Waals surface area (Å²) in [6.07, 6.45) is -0.142. The molecule has 0 bridgehead atoms. The van der Waals surface area contributed by atoms with E-state index in [1.54, 1.807) is 18.2 Å². The van der Waals surface area contributed by atoms with E-state index in [9.17, 15) is 19.5 Å². The van der Waals surface area contributed by atoms with Crippen molar-refractivity contribution in [2.75, 3.05) is 11.9 Å². The first-order chi connectivity index (χ1) is 13.8. The average molecular weight is 506 g/mol. The lowest BCUT2D eigenvalue weighted by molar-refractivity contribution is -0.148. The van der Waals surface area contributed by atoms with Gasteiger partial charge in [-0.1, -0.05) is 0 Å². The number of nitrogens with one attached hydrogen (secondary N) is 2. The van der Waals surface area contributed by atoms with E-state index in [0.29, 0.717) is 16.6 Å². The van der Waals surface area contributed by atoms with Gasteiger partial charge in [-0.3, -0.25) is 9.59 Å². The number of carboxylic acids is 1. The van der Waals surface area contributed by atoms with Crippen LogP contribution in [0.1, 0.15) is 16.8 Å². The Hall–Kier alpha value is -3.28. The predicted molar refractivity (Wildman–Crippen MR) is 114 cm³/mol. The lowest BCUT2D eigenvalue weighted by atomic mass is 10.2. The van der Waals surface area contributed by atoms with Crippen LogP contribution in [0, 0.1) is 3.57 Å². The minimum absolute atomic E-state index is 0.142. The lowest BCUT2D eigenvalue weighted by Gasteiger charge is -2.05. The molecule has 0 saturated heterocycles. The van der Waals surface area contributed by atoms with E-state index >= 15 is 0 Å². The molecule has 0 saturated carbocycles. The minimum Gasteiger partial charge on any atom is -0.493 e. The van der Waals surface area contributed by atoms with Crippen LogP contribution >= 0.6 is 22.6 Å². The third-order valence-electron chi connectivity index (χ3n) is 4.01. The number of amides is 1. The number of benzene rings is 2. The van der Waals surface area contributed by atoms with E-state index < -0.39 is 17.7 Å². The maximum atomic E-state index is 12.3. The van der Waals surface area contributed by atoms with Crippen LogP contribution < -0.4 is 5.32 Å². The van der Waals surface area contributed by atoms with Crippen LogP contribution in [0.5, 0.6) is 5.88 Å². The van der Waals surface area contributed by atoms with Crippen molar-refractivity contribution in [1.82, 2.24) is 4.98 Å². The van der Waals surface area contributed by atoms with E-state index in [2.05, 4.69) is 43.1 Å². The van der Waals surface area contributed by atoms with E-state index in [1.807, 2.05) is 12.1 Å². The van der Waals surface area contributed by atoms with Gasteiger partial charge in [0.15, 0.2) is 5.69 Å². The van der Waals surface area contributed by atoms with Crippen molar-refractivity contribution in [3.8, 4) is 5.88 Å². The highest BCUT2D eigenvalue weighted by Crippen LogP contribution is 2.36. The molecule has 1 aromatic heterocycles. The molecule has 3 aromatic rings. The number of aromatic amines is 1. The highest BCUT2D eigenvalue weighted by atomic mass is 127. The van der Waals surface area contributed by atoms with Crippen LogP contribution in [0.25, 0.3) is 10.9 Å². The van der Waals surface area contributed by atoms with Gasteiger partial charge < -0.3 is 20.5 Å². The van der Waals surface area contributed by atoms with Gasteiger partial charge in [-0.05, 0) is 65.1 Å². The maximum absolute atomic E-state index is 12.3. The molecular formula is C19H15IN4O5. The highest BCUT2D eigenvalue weighted by Gasteiger charge is 2.13. The smallest absolute Gasteiger partial charge is 0.372 e. The predicted octanol–water partition coefficient (Wildman–Crippen LogP) is 3.86. The van der Waals surface area contributed by atoms with Crippen molar-refractivity contribution in [2.45, 2.75) is 6.42 Å². The molecule has 2 aromatic carbocycles. The van der Waals surface area contributed by atoms with Crippen molar-refractivity contribution in [3.63, 3.8) is 0 Å². The summed E-state index contributed by atoms with van der Waals surface area (Å²) in [4.78, 5) is 36.5. The number of aromatic nitrogens is 1. The number of hydrogen-bond donors (Lipinski definition) is 4. The third-order valence-corrected chi connectivity index (χ3v) is 4.68. The Morgan fingerprint density at radius 3 is 2.52 bits per heavy atom. The molecular weight excluding hydrogens is 491 g/mol. The Bertz CT molecular complexity index is 1120. The molecule has 0 radical (unpaired) electrons. The summed E-state index contributed by atoms with van der Waals surface area (Å²) in [5.41, 5.74) is 1.78. The van der Waals surface area contributed by atoms with Crippen LogP contribution in [0.4, 0.5) is 11.4 Å². The monoisotopic (exact) mass is 506 g/mol. The molecule has 10 heteroatoms. The summed E-state index contributed by atoms with van der Waals surface area (Å²) < 4.78 is 0.949. The number of nitrogens with zero attached hydrogens (tertiary/aromatic N) is 2. The fourth-order valence-electron chi connectivity index (χ4n) is 2.55. The number of azo groups is 1. The number of Topliss-reactive ketones (excluding diaryl/α,β-unsaturated/α-hetero) is 1. The summed E-state index contributed by atoms with van der Waals surface area (Å²) in [6, 6.07) is 11.8. The second-order valence-corrected chi connectivity index (χ2v) is 7.25. The van der Waals surface area contributed by atoms with Gasteiger partial charge >= 0.3 is 5.97 Å². The van der Waals surface area contributed by atoms with Gasteiger partial charge in [-0.25, -0.2) is 4.79 Å². The Balaban J connectivity index is 1.67. The minimum atomic E-state index is -1.46. The number of fused-ring (bicyclic) bond motifs is 1. The van der Waals surface area contributed by atoms with Gasteiger partial charge in [-0.2, -0.15) is 0 Å². The summed E-state index contributed by atoms with van der Waals surface area (Å²) in [6.45, 7) is 0.163. The number of carboxylic acid groups (broad SMARTS) is 1. The number of aliphatic carboxylic acids is 1. The summed E-state index contributed by atoms with van der Waals surface area (Å²) >= 11 is 2.14. The van der Waals surface area contributed by atoms with Crippen molar-refractivity contribution in [1.29, 1.82) is 0 Å². The molecule has 0 unspecified atom stereocenters. The number of carbonyl (C=O) groups excluding carboxylic acids is 2. The van der Waals surface area contributed by atoms with Crippen molar-refractivity contribution in [3.05, 3.63) is 51.6 Å². The van der Waals surface area contributed by atoms with E-state index in [4.69, 9.17) is 5.11 Å². The first-order valence-electron chi connectivity index (χ1n) is 8.41. The Kier molecular flexibility index (Phi) is 6.22. The van der Waals surface area contributed by atoms with Crippen LogP contribution in [-0.2, 0) is 9.59 Å². The standard InChI is InChI=1S/C19H15IN4O5/c20-11-3-6-14-13(9-11)16(18(27)22-14)23-24-17(26)10-1-4-12(5-2-10)21-8-7-15(25)19(28)29/h1-6,9,21-22,27H,7-8H2,(H,28,29). The molecule has 0 atom stereocenters. The molecule has 1 heterocycles. The van der Waals surface area contributed by atoms with Crippen LogP contribution in [-0.4, -0.2) is 39.4 Å². The summed E-state index contributed by atoms with van der Waals surface area (Å²) in [7, 11) is 0. The molecule has 4 N–H and O–H groups in total. The molecule has 0 fully saturated rings. The van der Waals surface area contributed by atoms with Gasteiger partial charge in [0.1, 0.15) is 0 Å². The first-order valence-corrected chi connectivity index (χ1v) is 9.49. The SMILES string of the molecule is O=C(O)C(=O)CCNc1ccc(C(=O)N=Nc2c(O)[nH]c3ccc(I)cc23)cc1. The zero-order valence-electron chi connectivity index (χ0n) is 14.8. The number of anilines is 1. The topological polar surface area (TPSA) is 144 Å². The first kappa shape index (κ1) is 20.5. The van der Waals surface area contributed by atoms with Crippen molar-refractivity contribution in [2.24, 2.45) is 10.2 Å². The number of carbonyl (C=O) groups is 3. The van der Waals surface area contributed by atoms with Gasteiger partial charge in [0.25, 0.3) is 5.91 Å². The van der Waals surface area contributed by atoms with Crippen LogP contribution in [0.2, 0.25) is 0 Å². The number of H-pyrrole nitrogens is 1. The molecule has 0 aliphatic heterocycles. The molecule has 0 spiro atoms. The highest BCUT2D eigenvalue weighted by molar-refractivity contribution is 14.1. The van der Waals surface area contributed by atoms with Crippen molar-refractivity contribution < 1.29 is 24.6 Å².